The second-order valence-corrected chi connectivity index (χ2v) is 14.1. The highest BCUT2D eigenvalue weighted by Gasteiger charge is 2.28. The lowest BCUT2D eigenvalue weighted by atomic mass is 9.97. The van der Waals surface area contributed by atoms with Gasteiger partial charge in [0.2, 0.25) is 10.0 Å². The van der Waals surface area contributed by atoms with E-state index in [1.54, 1.807) is 37.3 Å². The van der Waals surface area contributed by atoms with Crippen LogP contribution in [-0.4, -0.2) is 56.1 Å². The van der Waals surface area contributed by atoms with Crippen molar-refractivity contribution in [2.24, 2.45) is 0 Å². The number of Topliss-reactive ketones (excluding diaryl/α,β-unsaturated/α-hetero) is 1. The lowest BCUT2D eigenvalue weighted by molar-refractivity contribution is 0.0989. The molecule has 6 aromatic rings. The first-order chi connectivity index (χ1) is 22.4. The summed E-state index contributed by atoms with van der Waals surface area (Å²) in [5, 5.41) is 1.61. The van der Waals surface area contributed by atoms with Crippen molar-refractivity contribution in [3.05, 3.63) is 89.7 Å². The van der Waals surface area contributed by atoms with Crippen molar-refractivity contribution in [2.45, 2.75) is 26.6 Å². The normalized spacial score (nSPS) is 12.7. The molecule has 1 aliphatic rings. The Balaban J connectivity index is 1.47. The van der Waals surface area contributed by atoms with Gasteiger partial charge in [0, 0.05) is 48.0 Å². The molecule has 1 aliphatic heterocycles. The van der Waals surface area contributed by atoms with Gasteiger partial charge in [-0.2, -0.15) is 0 Å². The first-order valence-electron chi connectivity index (χ1n) is 15.2. The second-order valence-electron chi connectivity index (χ2n) is 12.0. The van der Waals surface area contributed by atoms with Crippen LogP contribution in [0.15, 0.2) is 77.2 Å². The molecular weight excluding hydrogens is 619 g/mol. The molecule has 7 rings (SSSR count). The Morgan fingerprint density at radius 1 is 1.00 bits per heavy atom. The minimum absolute atomic E-state index is 0.164. The van der Waals surface area contributed by atoms with Crippen LogP contribution in [0.5, 0.6) is 5.75 Å². The van der Waals surface area contributed by atoms with Gasteiger partial charge in [0.25, 0.3) is 0 Å². The molecule has 3 aromatic carbocycles. The maximum Gasteiger partial charge on any atom is 0.232 e. The number of carbonyl (C=O) groups excluding carboxylic acids is 1. The number of halogens is 1. The number of furan rings is 1. The summed E-state index contributed by atoms with van der Waals surface area (Å²) in [7, 11) is 1.82. The molecule has 0 spiro atoms. The van der Waals surface area contributed by atoms with Gasteiger partial charge < -0.3 is 18.6 Å². The number of fused-ring (bicyclic) bond motifs is 6. The van der Waals surface area contributed by atoms with E-state index < -0.39 is 15.8 Å². The Kier molecular flexibility index (Phi) is 7.40. The van der Waals surface area contributed by atoms with Gasteiger partial charge in [-0.25, -0.2) is 17.8 Å². The molecule has 3 aromatic heterocycles. The smallest absolute Gasteiger partial charge is 0.232 e. The highest BCUT2D eigenvalue weighted by Crippen LogP contribution is 2.44. The van der Waals surface area contributed by atoms with E-state index in [1.807, 2.05) is 26.2 Å². The van der Waals surface area contributed by atoms with Gasteiger partial charge in [0.1, 0.15) is 28.6 Å². The van der Waals surface area contributed by atoms with E-state index in [1.165, 1.54) is 29.0 Å². The first kappa shape index (κ1) is 30.6. The Morgan fingerprint density at radius 3 is 2.47 bits per heavy atom. The molecule has 0 fully saturated rings. The molecule has 0 radical (unpaired) electrons. The summed E-state index contributed by atoms with van der Waals surface area (Å²) in [5.74, 6) is 0.328. The number of anilines is 1. The van der Waals surface area contributed by atoms with E-state index in [-0.39, 0.29) is 12.2 Å². The van der Waals surface area contributed by atoms with Crippen LogP contribution >= 0.6 is 0 Å². The van der Waals surface area contributed by atoms with Crippen LogP contribution in [-0.2, 0) is 23.3 Å². The molecule has 47 heavy (non-hydrogen) atoms. The topological polar surface area (TPSA) is 97.9 Å². The van der Waals surface area contributed by atoms with Crippen molar-refractivity contribution in [3.63, 3.8) is 0 Å². The van der Waals surface area contributed by atoms with Gasteiger partial charge >= 0.3 is 0 Å². The van der Waals surface area contributed by atoms with Crippen LogP contribution in [0.1, 0.15) is 29.3 Å². The Labute approximate surface area is 271 Å². The standard InChI is InChI=1S/C36H33FN4O5S/c1-6-31(42)34-26-16-25(29(40(4)47(5,43)44)18-33(26)46-36(34)21-10-12-23(37)13-11-21)27-14-15-32-35(38-27)30-17-24-22(19-39(2)3)8-7-9-28(24)41(30)20-45-32/h7-18H,6,19-20H2,1-5H3. The molecule has 0 unspecified atom stereocenters. The molecule has 0 atom stereocenters. The molecule has 0 N–H and O–H groups in total. The molecule has 11 heteroatoms. The lowest BCUT2D eigenvalue weighted by Gasteiger charge is -2.23. The van der Waals surface area contributed by atoms with Gasteiger partial charge in [-0.05, 0) is 74.3 Å². The molecule has 0 bridgehead atoms. The summed E-state index contributed by atoms with van der Waals surface area (Å²) >= 11 is 0. The molecule has 4 heterocycles. The zero-order chi connectivity index (χ0) is 33.2. The summed E-state index contributed by atoms with van der Waals surface area (Å²) in [6.07, 6.45) is 1.33. The highest BCUT2D eigenvalue weighted by atomic mass is 32.2. The van der Waals surface area contributed by atoms with Crippen LogP contribution in [0.2, 0.25) is 0 Å². The number of ketones is 1. The summed E-state index contributed by atoms with van der Waals surface area (Å²) < 4.78 is 55.2. The summed E-state index contributed by atoms with van der Waals surface area (Å²) in [4.78, 5) is 20.6. The Hall–Kier alpha value is -5.00. The van der Waals surface area contributed by atoms with Crippen molar-refractivity contribution in [3.8, 4) is 39.7 Å². The van der Waals surface area contributed by atoms with Crippen LogP contribution < -0.4 is 9.04 Å². The first-order valence-corrected chi connectivity index (χ1v) is 17.0. The predicted octanol–water partition coefficient (Wildman–Crippen LogP) is 7.32. The van der Waals surface area contributed by atoms with E-state index in [9.17, 15) is 17.6 Å². The molecule has 240 valence electrons. The van der Waals surface area contributed by atoms with E-state index in [2.05, 4.69) is 27.7 Å². The van der Waals surface area contributed by atoms with E-state index in [0.717, 1.165) is 29.4 Å². The van der Waals surface area contributed by atoms with Crippen molar-refractivity contribution in [1.29, 1.82) is 0 Å². The van der Waals surface area contributed by atoms with Gasteiger partial charge in [-0.1, -0.05) is 19.1 Å². The summed E-state index contributed by atoms with van der Waals surface area (Å²) in [5.41, 5.74) is 6.24. The number of pyridine rings is 1. The van der Waals surface area contributed by atoms with Gasteiger partial charge in [0.15, 0.2) is 12.5 Å². The number of hydrogen-bond donors (Lipinski definition) is 0. The van der Waals surface area contributed by atoms with Crippen molar-refractivity contribution in [2.75, 3.05) is 31.7 Å². The third-order valence-corrected chi connectivity index (χ3v) is 9.79. The quantitative estimate of drug-likeness (QED) is 0.159. The lowest BCUT2D eigenvalue weighted by Crippen LogP contribution is -2.25. The monoisotopic (exact) mass is 652 g/mol. The van der Waals surface area contributed by atoms with Crippen molar-refractivity contribution in [1.82, 2.24) is 14.5 Å². The number of ether oxygens (including phenoxy) is 1. The van der Waals surface area contributed by atoms with Crippen molar-refractivity contribution < 1.29 is 26.8 Å². The van der Waals surface area contributed by atoms with Crippen LogP contribution in [0.3, 0.4) is 0 Å². The minimum Gasteiger partial charge on any atom is -0.470 e. The fourth-order valence-corrected chi connectivity index (χ4v) is 6.73. The number of rotatable bonds is 8. The van der Waals surface area contributed by atoms with Gasteiger partial charge in [-0.15, -0.1) is 0 Å². The number of hydrogen-bond acceptors (Lipinski definition) is 7. The largest absolute Gasteiger partial charge is 0.470 e. The highest BCUT2D eigenvalue weighted by molar-refractivity contribution is 7.92. The Bertz CT molecular complexity index is 2320. The fourth-order valence-electron chi connectivity index (χ4n) is 6.22. The molecule has 0 saturated carbocycles. The predicted molar refractivity (Wildman–Crippen MR) is 182 cm³/mol. The van der Waals surface area contributed by atoms with E-state index in [4.69, 9.17) is 14.1 Å². The average molecular weight is 653 g/mol. The number of sulfonamides is 1. The summed E-state index contributed by atoms with van der Waals surface area (Å²) in [6, 6.07) is 21.1. The number of nitrogens with zero attached hydrogens (tertiary/aromatic N) is 4. The maximum atomic E-state index is 13.8. The van der Waals surface area contributed by atoms with Crippen LogP contribution in [0, 0.1) is 5.82 Å². The number of aromatic nitrogens is 2. The van der Waals surface area contributed by atoms with E-state index >= 15 is 0 Å². The van der Waals surface area contributed by atoms with Gasteiger partial charge in [0.05, 0.1) is 34.4 Å². The van der Waals surface area contributed by atoms with Crippen LogP contribution in [0.4, 0.5) is 10.1 Å². The average Bonchev–Trinajstić information content (AvgIpc) is 3.62. The molecular formula is C36H33FN4O5S. The SMILES string of the molecule is CCC(=O)c1c(-c2ccc(F)cc2)oc2cc(N(C)S(C)(=O)=O)c(-c3ccc4c(n3)-c3cc5c(CN(C)C)cccc5n3CO4)cc12. The summed E-state index contributed by atoms with van der Waals surface area (Å²) in [6.45, 7) is 2.86. The van der Waals surface area contributed by atoms with Crippen LogP contribution in [0.25, 0.3) is 55.8 Å². The zero-order valence-electron chi connectivity index (χ0n) is 26.7. The zero-order valence-corrected chi connectivity index (χ0v) is 27.5. The Morgan fingerprint density at radius 2 is 1.77 bits per heavy atom. The second kappa shape index (κ2) is 11.4. The molecule has 0 amide bonds. The number of benzene rings is 3. The maximum absolute atomic E-state index is 13.8. The van der Waals surface area contributed by atoms with Gasteiger partial charge in [-0.3, -0.25) is 9.10 Å². The third-order valence-electron chi connectivity index (χ3n) is 8.60. The minimum atomic E-state index is -3.71. The molecule has 0 aliphatic carbocycles. The number of carbonyl (C=O) groups is 1. The molecule has 0 saturated heterocycles. The molecule has 9 nitrogen and oxygen atoms in total. The third kappa shape index (κ3) is 5.25. The fraction of sp³-hybridized carbons (Fsp3) is 0.222. The van der Waals surface area contributed by atoms with E-state index in [0.29, 0.717) is 63.0 Å². The van der Waals surface area contributed by atoms with Crippen molar-refractivity contribution >= 4 is 43.4 Å².